The maximum Gasteiger partial charge on any atom is 0.0667 e. The lowest BCUT2D eigenvalue weighted by molar-refractivity contribution is -0.0173. The first kappa shape index (κ1) is 35.8. The van der Waals surface area contributed by atoms with E-state index in [1.165, 1.54) is 64.2 Å². The number of hydrogen-bond donors (Lipinski definition) is 1. The van der Waals surface area contributed by atoms with E-state index in [4.69, 9.17) is 0 Å². The molecule has 54 heavy (non-hydrogen) atoms. The van der Waals surface area contributed by atoms with E-state index in [1.807, 2.05) is 0 Å². The topological polar surface area (TPSA) is 20.2 Å². The van der Waals surface area contributed by atoms with Gasteiger partial charge in [-0.25, -0.2) is 0 Å². The van der Waals surface area contributed by atoms with Gasteiger partial charge in [0.1, 0.15) is 0 Å². The minimum absolute atomic E-state index is 0.184. The lowest BCUT2D eigenvalue weighted by atomic mass is 9.55. The Kier molecular flexibility index (Phi) is 7.18. The molecule has 1 N–H and O–H groups in total. The van der Waals surface area contributed by atoms with E-state index in [1.54, 1.807) is 53.5 Å². The third-order valence-corrected chi connectivity index (χ3v) is 21.2. The highest BCUT2D eigenvalue weighted by Gasteiger charge is 2.73. The van der Waals surface area contributed by atoms with E-state index in [0.717, 1.165) is 29.1 Å². The molecule has 13 unspecified atom stereocenters. The molecule has 0 amide bonds. The zero-order chi connectivity index (χ0) is 37.7. The molecule has 11 rings (SSSR count). The Labute approximate surface area is 330 Å². The fourth-order valence-corrected chi connectivity index (χ4v) is 18.3. The summed E-state index contributed by atoms with van der Waals surface area (Å²) in [4.78, 5) is 0. The van der Waals surface area contributed by atoms with Crippen LogP contribution in [-0.4, -0.2) is 11.2 Å². The van der Waals surface area contributed by atoms with Crippen molar-refractivity contribution < 1.29 is 5.11 Å². The van der Waals surface area contributed by atoms with Crippen LogP contribution >= 0.6 is 0 Å². The number of allylic oxidation sites excluding steroid dienone is 9. The van der Waals surface area contributed by atoms with E-state index < -0.39 is 0 Å². The number of hydrogen-bond acceptors (Lipinski definition) is 1. The highest BCUT2D eigenvalue weighted by Crippen LogP contribution is 2.82. The number of unbranched alkanes of at least 4 members (excludes halogenated alkanes) is 1. The molecule has 11 aliphatic carbocycles. The lowest BCUT2D eigenvalue weighted by Crippen LogP contribution is -2.45. The Morgan fingerprint density at radius 2 is 1.15 bits per heavy atom. The van der Waals surface area contributed by atoms with E-state index in [0.29, 0.717) is 46.8 Å². The summed E-state index contributed by atoms with van der Waals surface area (Å²) >= 11 is 0. The van der Waals surface area contributed by atoms with Crippen LogP contribution in [0.3, 0.4) is 0 Å². The van der Waals surface area contributed by atoms with Crippen molar-refractivity contribution in [1.29, 1.82) is 0 Å². The first-order chi connectivity index (χ1) is 25.4. The van der Waals surface area contributed by atoms with Crippen LogP contribution < -0.4 is 0 Å². The van der Waals surface area contributed by atoms with Gasteiger partial charge in [-0.3, -0.25) is 0 Å². The van der Waals surface area contributed by atoms with Crippen LogP contribution in [0.25, 0.3) is 0 Å². The molecule has 0 aliphatic heterocycles. The van der Waals surface area contributed by atoms with Crippen LogP contribution in [0.1, 0.15) is 159 Å². The van der Waals surface area contributed by atoms with E-state index >= 15 is 0 Å². The number of aliphatic hydroxyl groups excluding tert-OH is 1. The average Bonchev–Trinajstić information content (AvgIpc) is 3.84. The smallest absolute Gasteiger partial charge is 0.0667 e. The molecule has 1 nitrogen and oxygen atoms in total. The highest BCUT2D eigenvalue weighted by molar-refractivity contribution is 5.53. The minimum atomic E-state index is -0.243. The molecule has 3 bridgehead atoms. The predicted octanol–water partition coefficient (Wildman–Crippen LogP) is 13.5. The van der Waals surface area contributed by atoms with Gasteiger partial charge in [0.05, 0.1) is 6.10 Å². The standard InChI is InChI=1S/C53H76O/c1-11-12-13-34-37-20-31(52-26-30-18-32-19-33(28-52)53(32,27-30)29-52)21-40(37)51(10,46(34)54)45-38-24-43-41(47(2,3)14-16-49(43,6)7)22-35(38)36-23-42-44(25-39(36)45)50(8,9)17-15-48(42,4)5/h21-25,30-39,45-46,54H,11-20,26-29H2,1-10H3/t30?,31?,32?,33?,34-,35?,36?,37?,38+,39?,45?,46?,51?,52?,53?/m1/s1. The highest BCUT2D eigenvalue weighted by atomic mass is 16.3. The zero-order valence-electron chi connectivity index (χ0n) is 36.2. The molecular formula is C53H76O. The summed E-state index contributed by atoms with van der Waals surface area (Å²) in [5, 5.41) is 13.3. The number of fused-ring (bicyclic) bond motifs is 8. The maximum atomic E-state index is 13.3. The van der Waals surface area contributed by atoms with Gasteiger partial charge in [0, 0.05) is 5.41 Å². The van der Waals surface area contributed by atoms with Gasteiger partial charge in [0.2, 0.25) is 0 Å². The molecule has 0 radical (unpaired) electrons. The second kappa shape index (κ2) is 10.8. The van der Waals surface area contributed by atoms with E-state index in [2.05, 4.69) is 99.6 Å². The van der Waals surface area contributed by atoms with Crippen molar-refractivity contribution in [3.05, 3.63) is 58.2 Å². The van der Waals surface area contributed by atoms with Gasteiger partial charge >= 0.3 is 0 Å². The van der Waals surface area contributed by atoms with Gasteiger partial charge in [0.25, 0.3) is 0 Å². The van der Waals surface area contributed by atoms with Crippen LogP contribution in [-0.2, 0) is 0 Å². The minimum Gasteiger partial charge on any atom is -0.392 e. The van der Waals surface area contributed by atoms with Crippen LogP contribution in [0.2, 0.25) is 0 Å². The quantitative estimate of drug-likeness (QED) is 0.280. The normalized spacial score (nSPS) is 52.8. The molecular weight excluding hydrogens is 653 g/mol. The van der Waals surface area contributed by atoms with Crippen molar-refractivity contribution >= 4 is 0 Å². The van der Waals surface area contributed by atoms with Crippen molar-refractivity contribution in [3.63, 3.8) is 0 Å². The first-order valence-electron chi connectivity index (χ1n) is 23.7. The molecule has 15 atom stereocenters. The second-order valence-electron chi connectivity index (χ2n) is 25.4. The Morgan fingerprint density at radius 1 is 0.611 bits per heavy atom. The van der Waals surface area contributed by atoms with Gasteiger partial charge in [0.15, 0.2) is 0 Å². The second-order valence-corrected chi connectivity index (χ2v) is 25.4. The fraction of sp³-hybridized carbons (Fsp3) is 0.811. The largest absolute Gasteiger partial charge is 0.392 e. The van der Waals surface area contributed by atoms with Gasteiger partial charge in [-0.1, -0.05) is 118 Å². The summed E-state index contributed by atoms with van der Waals surface area (Å²) in [7, 11) is 0. The summed E-state index contributed by atoms with van der Waals surface area (Å²) < 4.78 is 0. The summed E-state index contributed by atoms with van der Waals surface area (Å²) in [5.74, 6) is 7.28. The number of aliphatic hydroxyl groups is 1. The van der Waals surface area contributed by atoms with Crippen molar-refractivity contribution in [2.24, 2.45) is 103 Å². The first-order valence-corrected chi connectivity index (χ1v) is 23.7. The molecule has 8 saturated carbocycles. The van der Waals surface area contributed by atoms with Gasteiger partial charge in [-0.15, -0.1) is 0 Å². The Bertz CT molecular complexity index is 1740. The van der Waals surface area contributed by atoms with Crippen LogP contribution in [0.15, 0.2) is 58.2 Å². The van der Waals surface area contributed by atoms with Crippen molar-refractivity contribution in [3.8, 4) is 0 Å². The molecule has 0 heterocycles. The molecule has 8 fully saturated rings. The van der Waals surface area contributed by atoms with Crippen LogP contribution in [0.4, 0.5) is 0 Å². The average molecular weight is 729 g/mol. The van der Waals surface area contributed by atoms with E-state index in [-0.39, 0.29) is 33.2 Å². The molecule has 0 aromatic heterocycles. The SMILES string of the molecule is CCCC[C@@H]1C2CC(C34CC5CC6CC(C3)C6(C5)C4)C=C2C(C)(C2C3C=C4C(=CC3C3C=C5C(=C[C@@H]32)C(C)(C)CCC5(C)C)C(C)(C)CCC4(C)C)C1O. The predicted molar refractivity (Wildman–Crippen MR) is 223 cm³/mol. The molecule has 294 valence electrons. The third-order valence-electron chi connectivity index (χ3n) is 21.2. The van der Waals surface area contributed by atoms with Crippen LogP contribution in [0.5, 0.6) is 0 Å². The Balaban J connectivity index is 1.08. The Morgan fingerprint density at radius 3 is 1.69 bits per heavy atom. The molecule has 1 heteroatoms. The zero-order valence-corrected chi connectivity index (χ0v) is 36.2. The molecule has 1 spiro atoms. The molecule has 11 aliphatic rings. The Hall–Kier alpha value is -1.34. The third kappa shape index (κ3) is 4.34. The summed E-state index contributed by atoms with van der Waals surface area (Å²) in [6.45, 7) is 25.4. The van der Waals surface area contributed by atoms with Crippen molar-refractivity contribution in [1.82, 2.24) is 0 Å². The van der Waals surface area contributed by atoms with Crippen LogP contribution in [0, 0.1) is 103 Å². The van der Waals surface area contributed by atoms with Gasteiger partial charge < -0.3 is 5.11 Å². The monoisotopic (exact) mass is 729 g/mol. The van der Waals surface area contributed by atoms with Crippen molar-refractivity contribution in [2.75, 3.05) is 0 Å². The fourth-order valence-electron chi connectivity index (χ4n) is 18.3. The molecule has 0 aromatic rings. The van der Waals surface area contributed by atoms with Gasteiger partial charge in [-0.05, 0) is 197 Å². The molecule has 0 aromatic carbocycles. The lowest BCUT2D eigenvalue weighted by Gasteiger charge is -2.50. The van der Waals surface area contributed by atoms with Crippen molar-refractivity contribution in [2.45, 2.75) is 165 Å². The summed E-state index contributed by atoms with van der Waals surface area (Å²) in [6.07, 6.45) is 33.7. The number of rotatable bonds is 5. The summed E-state index contributed by atoms with van der Waals surface area (Å²) in [6, 6.07) is 0. The maximum absolute atomic E-state index is 13.3. The summed E-state index contributed by atoms with van der Waals surface area (Å²) in [5.41, 5.74) is 10.4. The molecule has 0 saturated heterocycles. The van der Waals surface area contributed by atoms with E-state index in [9.17, 15) is 5.11 Å². The van der Waals surface area contributed by atoms with Gasteiger partial charge in [-0.2, -0.15) is 0 Å².